The molecule has 4 rings (SSSR count). The number of aliphatic imine (C=N–C) groups is 1. The fourth-order valence-corrected chi connectivity index (χ4v) is 5.61. The molecule has 3 aliphatic rings. The minimum absolute atomic E-state index is 0. The fraction of sp³-hybridized carbons (Fsp3) is 0.789. The van der Waals surface area contributed by atoms with E-state index in [1.807, 2.05) is 0 Å². The van der Waals surface area contributed by atoms with Crippen LogP contribution >= 0.6 is 35.3 Å². The fourth-order valence-electron chi connectivity index (χ4n) is 4.73. The Kier molecular flexibility index (Phi) is 6.49. The van der Waals surface area contributed by atoms with Gasteiger partial charge in [-0.1, -0.05) is 20.3 Å². The van der Waals surface area contributed by atoms with Crippen LogP contribution in [0.5, 0.6) is 0 Å². The van der Waals surface area contributed by atoms with Crippen molar-refractivity contribution in [1.82, 2.24) is 15.6 Å². The Morgan fingerprint density at radius 1 is 1.46 bits per heavy atom. The van der Waals surface area contributed by atoms with Gasteiger partial charge in [-0.25, -0.2) is 9.98 Å². The Morgan fingerprint density at radius 2 is 2.27 bits per heavy atom. The molecule has 2 aliphatic carbocycles. The molecule has 1 saturated heterocycles. The van der Waals surface area contributed by atoms with Gasteiger partial charge in [0, 0.05) is 35.9 Å². The molecule has 26 heavy (non-hydrogen) atoms. The maximum Gasteiger partial charge on any atom is 0.191 e. The van der Waals surface area contributed by atoms with Crippen LogP contribution in [0, 0.1) is 11.3 Å². The van der Waals surface area contributed by atoms with Crippen molar-refractivity contribution in [3.05, 3.63) is 16.1 Å². The van der Waals surface area contributed by atoms with E-state index in [0.717, 1.165) is 24.1 Å². The summed E-state index contributed by atoms with van der Waals surface area (Å²) in [6, 6.07) is 0.522. The van der Waals surface area contributed by atoms with Gasteiger partial charge in [0.1, 0.15) is 5.01 Å². The molecule has 1 aromatic heterocycles. The molecule has 3 unspecified atom stereocenters. The quantitative estimate of drug-likeness (QED) is 0.374. The van der Waals surface area contributed by atoms with Gasteiger partial charge in [0.2, 0.25) is 0 Å². The van der Waals surface area contributed by atoms with Gasteiger partial charge in [0.15, 0.2) is 5.96 Å². The third-order valence-electron chi connectivity index (χ3n) is 6.21. The maximum atomic E-state index is 6.03. The van der Waals surface area contributed by atoms with Crippen molar-refractivity contribution in [3.63, 3.8) is 0 Å². The number of aromatic nitrogens is 1. The first-order chi connectivity index (χ1) is 12.1. The standard InChI is InChI=1S/C19H30N4OS.HI/c1-4-20-18(21-10-15-22-14(11-25-15)12(2)3)23-16-13-6-9-24-17(13)19(16)7-5-8-19;/h11-13,16-17H,4-10H2,1-3H3,(H2,20,21,23);1H. The minimum atomic E-state index is 0. The lowest BCUT2D eigenvalue weighted by atomic mass is 9.46. The van der Waals surface area contributed by atoms with Crippen molar-refractivity contribution in [2.75, 3.05) is 13.2 Å². The summed E-state index contributed by atoms with van der Waals surface area (Å²) in [5.74, 6) is 2.08. The summed E-state index contributed by atoms with van der Waals surface area (Å²) in [6.45, 7) is 8.95. The monoisotopic (exact) mass is 490 g/mol. The lowest BCUT2D eigenvalue weighted by Crippen LogP contribution is -2.72. The van der Waals surface area contributed by atoms with Crippen molar-refractivity contribution in [3.8, 4) is 0 Å². The van der Waals surface area contributed by atoms with Gasteiger partial charge in [-0.3, -0.25) is 0 Å². The molecule has 146 valence electrons. The third-order valence-corrected chi connectivity index (χ3v) is 7.06. The highest BCUT2D eigenvalue weighted by Crippen LogP contribution is 2.62. The van der Waals surface area contributed by atoms with Crippen LogP contribution in [0.2, 0.25) is 0 Å². The second kappa shape index (κ2) is 8.31. The predicted molar refractivity (Wildman–Crippen MR) is 117 cm³/mol. The molecular weight excluding hydrogens is 459 g/mol. The molecular formula is C19H31IN4OS. The summed E-state index contributed by atoms with van der Waals surface area (Å²) in [6.07, 6.45) is 5.63. The molecule has 0 radical (unpaired) electrons. The first-order valence-electron chi connectivity index (χ1n) is 9.75. The van der Waals surface area contributed by atoms with Crippen LogP contribution < -0.4 is 10.6 Å². The number of guanidine groups is 1. The number of halogens is 1. The molecule has 2 saturated carbocycles. The number of hydrogen-bond acceptors (Lipinski definition) is 4. The summed E-state index contributed by atoms with van der Waals surface area (Å²) in [7, 11) is 0. The Balaban J connectivity index is 0.00000196. The van der Waals surface area contributed by atoms with Gasteiger partial charge in [0.05, 0.1) is 18.3 Å². The topological polar surface area (TPSA) is 58.5 Å². The van der Waals surface area contributed by atoms with Crippen LogP contribution in [-0.2, 0) is 11.3 Å². The van der Waals surface area contributed by atoms with Crippen molar-refractivity contribution in [2.24, 2.45) is 16.3 Å². The van der Waals surface area contributed by atoms with E-state index in [0.29, 0.717) is 35.9 Å². The number of thiazole rings is 1. The molecule has 7 heteroatoms. The van der Waals surface area contributed by atoms with Gasteiger partial charge in [-0.15, -0.1) is 35.3 Å². The summed E-state index contributed by atoms with van der Waals surface area (Å²) in [5, 5.41) is 10.4. The van der Waals surface area contributed by atoms with Crippen LogP contribution in [0.25, 0.3) is 0 Å². The lowest BCUT2D eigenvalue weighted by Gasteiger charge is -2.63. The molecule has 2 N–H and O–H groups in total. The van der Waals surface area contributed by atoms with Crippen LogP contribution in [0.1, 0.15) is 63.1 Å². The van der Waals surface area contributed by atoms with E-state index in [-0.39, 0.29) is 24.0 Å². The first-order valence-corrected chi connectivity index (χ1v) is 10.6. The zero-order valence-electron chi connectivity index (χ0n) is 16.0. The van der Waals surface area contributed by atoms with E-state index in [4.69, 9.17) is 14.7 Å². The molecule has 0 amide bonds. The van der Waals surface area contributed by atoms with E-state index in [9.17, 15) is 0 Å². The van der Waals surface area contributed by atoms with Crippen LogP contribution in [0.15, 0.2) is 10.4 Å². The number of hydrogen-bond donors (Lipinski definition) is 2. The molecule has 0 aromatic carbocycles. The lowest BCUT2D eigenvalue weighted by molar-refractivity contribution is -0.171. The molecule has 2 heterocycles. The van der Waals surface area contributed by atoms with E-state index >= 15 is 0 Å². The summed E-state index contributed by atoms with van der Waals surface area (Å²) >= 11 is 1.71. The van der Waals surface area contributed by atoms with E-state index in [1.54, 1.807) is 11.3 Å². The number of rotatable bonds is 5. The predicted octanol–water partition coefficient (Wildman–Crippen LogP) is 3.90. The number of nitrogens with one attached hydrogen (secondary N) is 2. The van der Waals surface area contributed by atoms with E-state index in [1.165, 1.54) is 31.4 Å². The average molecular weight is 490 g/mol. The highest BCUT2D eigenvalue weighted by Gasteiger charge is 2.66. The highest BCUT2D eigenvalue weighted by molar-refractivity contribution is 14.0. The van der Waals surface area contributed by atoms with Gasteiger partial charge >= 0.3 is 0 Å². The summed E-state index contributed by atoms with van der Waals surface area (Å²) < 4.78 is 6.03. The Labute approximate surface area is 177 Å². The minimum Gasteiger partial charge on any atom is -0.377 e. The normalized spacial score (nSPS) is 28.9. The number of nitrogens with zero attached hydrogens (tertiary/aromatic N) is 2. The van der Waals surface area contributed by atoms with Crippen molar-refractivity contribution >= 4 is 41.3 Å². The second-order valence-electron chi connectivity index (χ2n) is 7.97. The van der Waals surface area contributed by atoms with E-state index in [2.05, 4.69) is 36.8 Å². The van der Waals surface area contributed by atoms with Crippen LogP contribution in [0.4, 0.5) is 0 Å². The number of ether oxygens (including phenoxy) is 1. The average Bonchev–Trinajstić information content (AvgIpc) is 3.16. The molecule has 3 fully saturated rings. The number of fused-ring (bicyclic) bond motifs is 2. The summed E-state index contributed by atoms with van der Waals surface area (Å²) in [4.78, 5) is 9.52. The molecule has 1 aliphatic heterocycles. The van der Waals surface area contributed by atoms with Gasteiger partial charge in [-0.2, -0.15) is 0 Å². The molecule has 1 aromatic rings. The third kappa shape index (κ3) is 3.51. The first kappa shape index (κ1) is 20.3. The van der Waals surface area contributed by atoms with Crippen molar-refractivity contribution in [2.45, 2.75) is 71.1 Å². The van der Waals surface area contributed by atoms with Gasteiger partial charge < -0.3 is 15.4 Å². The Hall–Kier alpha value is -0.410. The van der Waals surface area contributed by atoms with E-state index < -0.39 is 0 Å². The molecule has 5 nitrogen and oxygen atoms in total. The Bertz CT molecular complexity index is 643. The Morgan fingerprint density at radius 3 is 2.88 bits per heavy atom. The highest BCUT2D eigenvalue weighted by atomic mass is 127. The molecule has 3 atom stereocenters. The summed E-state index contributed by atoms with van der Waals surface area (Å²) in [5.41, 5.74) is 1.55. The smallest absolute Gasteiger partial charge is 0.191 e. The zero-order chi connectivity index (χ0) is 17.4. The largest absolute Gasteiger partial charge is 0.377 e. The SMILES string of the molecule is CCNC(=NCc1nc(C(C)C)cs1)NC1C2CCOC2C12CCC2.I. The van der Waals surface area contributed by atoms with Crippen molar-refractivity contribution < 1.29 is 4.74 Å². The molecule has 1 spiro atoms. The van der Waals surface area contributed by atoms with Crippen molar-refractivity contribution in [1.29, 1.82) is 0 Å². The maximum absolute atomic E-state index is 6.03. The molecule has 0 bridgehead atoms. The zero-order valence-corrected chi connectivity index (χ0v) is 19.1. The van der Waals surface area contributed by atoms with Crippen LogP contribution in [-0.4, -0.2) is 36.2 Å². The van der Waals surface area contributed by atoms with Gasteiger partial charge in [0.25, 0.3) is 0 Å². The second-order valence-corrected chi connectivity index (χ2v) is 8.91. The van der Waals surface area contributed by atoms with Gasteiger partial charge in [-0.05, 0) is 32.1 Å². The van der Waals surface area contributed by atoms with Crippen LogP contribution in [0.3, 0.4) is 0 Å².